The number of amides is 2. The molecule has 2 aromatic rings. The predicted molar refractivity (Wildman–Crippen MR) is 140 cm³/mol. The molecular formula is C29H39ClN2O2. The number of carbonyl (C=O) groups excluding carboxylic acids is 2. The Bertz CT molecular complexity index is 942. The SMILES string of the molecule is CC[C@H](C(=O)NC1CCCC1)N(Cc1ccc(Cl)cc1)C(=O)CCc1ccc(C(C)(C)C)cc1. The van der Waals surface area contributed by atoms with Crippen molar-refractivity contribution in [3.8, 4) is 0 Å². The van der Waals surface area contributed by atoms with Gasteiger partial charge in [0.2, 0.25) is 11.8 Å². The molecule has 0 unspecified atom stereocenters. The molecular weight excluding hydrogens is 444 g/mol. The Morgan fingerprint density at radius 3 is 2.15 bits per heavy atom. The molecule has 0 aliphatic heterocycles. The smallest absolute Gasteiger partial charge is 0.243 e. The van der Waals surface area contributed by atoms with Gasteiger partial charge >= 0.3 is 0 Å². The van der Waals surface area contributed by atoms with Gasteiger partial charge in [-0.05, 0) is 59.9 Å². The summed E-state index contributed by atoms with van der Waals surface area (Å²) in [4.78, 5) is 28.4. The number of aryl methyl sites for hydroxylation is 1. The molecule has 1 fully saturated rings. The van der Waals surface area contributed by atoms with Crippen LogP contribution in [0.4, 0.5) is 0 Å². The van der Waals surface area contributed by atoms with Gasteiger partial charge in [0.25, 0.3) is 0 Å². The Kier molecular flexibility index (Phi) is 9.18. The third kappa shape index (κ3) is 7.33. The molecule has 1 atom stereocenters. The first-order chi connectivity index (χ1) is 16.2. The van der Waals surface area contributed by atoms with E-state index in [1.165, 1.54) is 5.56 Å². The Labute approximate surface area is 210 Å². The van der Waals surface area contributed by atoms with Crippen molar-refractivity contribution in [2.75, 3.05) is 0 Å². The summed E-state index contributed by atoms with van der Waals surface area (Å²) in [6.45, 7) is 8.97. The molecule has 0 heterocycles. The van der Waals surface area contributed by atoms with Crippen molar-refractivity contribution in [3.05, 3.63) is 70.2 Å². The van der Waals surface area contributed by atoms with E-state index in [0.717, 1.165) is 36.8 Å². The lowest BCUT2D eigenvalue weighted by molar-refractivity contribution is -0.141. The molecule has 184 valence electrons. The van der Waals surface area contributed by atoms with Crippen LogP contribution in [0.3, 0.4) is 0 Å². The van der Waals surface area contributed by atoms with Gasteiger partial charge in [-0.15, -0.1) is 0 Å². The van der Waals surface area contributed by atoms with Crippen molar-refractivity contribution in [2.24, 2.45) is 0 Å². The van der Waals surface area contributed by atoms with Gasteiger partial charge in [0.15, 0.2) is 0 Å². The number of hydrogen-bond donors (Lipinski definition) is 1. The second kappa shape index (κ2) is 11.9. The van der Waals surface area contributed by atoms with Crippen LogP contribution in [0.5, 0.6) is 0 Å². The fraction of sp³-hybridized carbons (Fsp3) is 0.517. The second-order valence-corrected chi connectivity index (χ2v) is 10.9. The molecule has 1 aliphatic rings. The minimum absolute atomic E-state index is 0.00303. The summed E-state index contributed by atoms with van der Waals surface area (Å²) < 4.78 is 0. The molecule has 0 radical (unpaired) electrons. The van der Waals surface area contributed by atoms with E-state index in [9.17, 15) is 9.59 Å². The number of nitrogens with zero attached hydrogens (tertiary/aromatic N) is 1. The summed E-state index contributed by atoms with van der Waals surface area (Å²) in [7, 11) is 0. The minimum atomic E-state index is -0.480. The third-order valence-electron chi connectivity index (χ3n) is 6.80. The van der Waals surface area contributed by atoms with Gasteiger partial charge in [-0.2, -0.15) is 0 Å². The van der Waals surface area contributed by atoms with Crippen LogP contribution < -0.4 is 5.32 Å². The number of hydrogen-bond acceptors (Lipinski definition) is 2. The summed E-state index contributed by atoms with van der Waals surface area (Å²) in [5.74, 6) is -0.0329. The summed E-state index contributed by atoms with van der Waals surface area (Å²) in [6.07, 6.45) is 5.97. The van der Waals surface area contributed by atoms with E-state index in [-0.39, 0.29) is 23.3 Å². The fourth-order valence-corrected chi connectivity index (χ4v) is 4.77. The van der Waals surface area contributed by atoms with E-state index in [1.807, 2.05) is 31.2 Å². The first-order valence-electron chi connectivity index (χ1n) is 12.6. The molecule has 3 rings (SSSR count). The van der Waals surface area contributed by atoms with E-state index in [1.54, 1.807) is 4.90 Å². The lowest BCUT2D eigenvalue weighted by atomic mass is 9.86. The van der Waals surface area contributed by atoms with Crippen LogP contribution in [0.25, 0.3) is 0 Å². The Hall–Kier alpha value is -2.33. The van der Waals surface area contributed by atoms with Gasteiger partial charge in [0, 0.05) is 24.0 Å². The van der Waals surface area contributed by atoms with Crippen molar-refractivity contribution in [1.29, 1.82) is 0 Å². The topological polar surface area (TPSA) is 49.4 Å². The van der Waals surface area contributed by atoms with Crippen molar-refractivity contribution >= 4 is 23.4 Å². The van der Waals surface area contributed by atoms with Crippen LogP contribution in [-0.2, 0) is 28.0 Å². The maximum atomic E-state index is 13.5. The van der Waals surface area contributed by atoms with Crippen LogP contribution in [0.1, 0.15) is 82.9 Å². The Balaban J connectivity index is 1.73. The molecule has 4 nitrogen and oxygen atoms in total. The zero-order valence-electron chi connectivity index (χ0n) is 21.1. The summed E-state index contributed by atoms with van der Waals surface area (Å²) >= 11 is 6.06. The number of nitrogens with one attached hydrogen (secondary N) is 1. The highest BCUT2D eigenvalue weighted by Gasteiger charge is 2.30. The van der Waals surface area contributed by atoms with Crippen LogP contribution in [0, 0.1) is 0 Å². The summed E-state index contributed by atoms with van der Waals surface area (Å²) in [5.41, 5.74) is 3.49. The Morgan fingerprint density at radius 2 is 1.59 bits per heavy atom. The van der Waals surface area contributed by atoms with E-state index in [4.69, 9.17) is 11.6 Å². The summed E-state index contributed by atoms with van der Waals surface area (Å²) in [6, 6.07) is 15.8. The predicted octanol–water partition coefficient (Wildman–Crippen LogP) is 6.44. The van der Waals surface area contributed by atoms with Crippen molar-refractivity contribution in [2.45, 2.75) is 96.7 Å². The van der Waals surface area contributed by atoms with Crippen molar-refractivity contribution in [1.82, 2.24) is 10.2 Å². The minimum Gasteiger partial charge on any atom is -0.352 e. The van der Waals surface area contributed by atoms with E-state index in [2.05, 4.69) is 50.4 Å². The monoisotopic (exact) mass is 482 g/mol. The van der Waals surface area contributed by atoms with Gasteiger partial charge in [0.1, 0.15) is 6.04 Å². The van der Waals surface area contributed by atoms with Gasteiger partial charge in [-0.25, -0.2) is 0 Å². The normalized spacial score (nSPS) is 15.2. The molecule has 0 bridgehead atoms. The van der Waals surface area contributed by atoms with Gasteiger partial charge in [-0.1, -0.05) is 88.5 Å². The first-order valence-corrected chi connectivity index (χ1v) is 13.0. The Morgan fingerprint density at radius 1 is 1.00 bits per heavy atom. The molecule has 2 aromatic carbocycles. The van der Waals surface area contributed by atoms with Gasteiger partial charge < -0.3 is 10.2 Å². The lowest BCUT2D eigenvalue weighted by Gasteiger charge is -2.31. The lowest BCUT2D eigenvalue weighted by Crippen LogP contribution is -2.51. The van der Waals surface area contributed by atoms with Crippen LogP contribution in [0.2, 0.25) is 5.02 Å². The van der Waals surface area contributed by atoms with Crippen LogP contribution in [-0.4, -0.2) is 28.8 Å². The molecule has 1 N–H and O–H groups in total. The maximum Gasteiger partial charge on any atom is 0.243 e. The molecule has 1 aliphatic carbocycles. The quantitative estimate of drug-likeness (QED) is 0.447. The van der Waals surface area contributed by atoms with Crippen molar-refractivity contribution < 1.29 is 9.59 Å². The molecule has 5 heteroatoms. The zero-order chi connectivity index (χ0) is 24.7. The van der Waals surface area contributed by atoms with Gasteiger partial charge in [0.05, 0.1) is 0 Å². The van der Waals surface area contributed by atoms with Crippen LogP contribution >= 0.6 is 11.6 Å². The highest BCUT2D eigenvalue weighted by Crippen LogP contribution is 2.23. The average Bonchev–Trinajstić information content (AvgIpc) is 3.31. The standard InChI is InChI=1S/C29H39ClN2O2/c1-5-26(28(34)31-25-8-6-7-9-25)32(20-22-12-17-24(30)18-13-22)27(33)19-14-21-10-15-23(16-11-21)29(2,3)4/h10-13,15-18,25-26H,5-9,14,19-20H2,1-4H3,(H,31,34)/t26-/m1/s1. The molecule has 0 saturated heterocycles. The summed E-state index contributed by atoms with van der Waals surface area (Å²) in [5, 5.41) is 3.86. The van der Waals surface area contributed by atoms with Crippen LogP contribution in [0.15, 0.2) is 48.5 Å². The van der Waals surface area contributed by atoms with E-state index < -0.39 is 6.04 Å². The molecule has 34 heavy (non-hydrogen) atoms. The number of carbonyl (C=O) groups is 2. The second-order valence-electron chi connectivity index (χ2n) is 10.5. The van der Waals surface area contributed by atoms with Crippen molar-refractivity contribution in [3.63, 3.8) is 0 Å². The number of rotatable bonds is 9. The zero-order valence-corrected chi connectivity index (χ0v) is 21.8. The molecule has 1 saturated carbocycles. The first kappa shape index (κ1) is 26.3. The molecule has 2 amide bonds. The number of benzene rings is 2. The highest BCUT2D eigenvalue weighted by atomic mass is 35.5. The number of halogens is 1. The fourth-order valence-electron chi connectivity index (χ4n) is 4.64. The third-order valence-corrected chi connectivity index (χ3v) is 7.05. The average molecular weight is 483 g/mol. The largest absolute Gasteiger partial charge is 0.352 e. The molecule has 0 spiro atoms. The van der Waals surface area contributed by atoms with Gasteiger partial charge in [-0.3, -0.25) is 9.59 Å². The van der Waals surface area contributed by atoms with E-state index in [0.29, 0.717) is 30.8 Å². The van der Waals surface area contributed by atoms with E-state index >= 15 is 0 Å². The molecule has 0 aromatic heterocycles. The maximum absolute atomic E-state index is 13.5. The highest BCUT2D eigenvalue weighted by molar-refractivity contribution is 6.30.